The molecule has 0 aliphatic rings. The number of thiophene rings is 1. The topological polar surface area (TPSA) is 102 Å². The summed E-state index contributed by atoms with van der Waals surface area (Å²) < 4.78 is 46.1. The minimum atomic E-state index is -4.86. The van der Waals surface area contributed by atoms with E-state index in [9.17, 15) is 27.6 Å². The first-order chi connectivity index (χ1) is 15.6. The molecule has 0 bridgehead atoms. The van der Waals surface area contributed by atoms with E-state index in [1.165, 1.54) is 49.4 Å². The third-order valence-corrected chi connectivity index (χ3v) is 5.27. The maximum absolute atomic E-state index is 13.6. The average molecular weight is 480 g/mol. The molecule has 0 saturated carbocycles. The highest BCUT2D eigenvalue weighted by Gasteiger charge is 2.41. The molecule has 12 heteroatoms. The van der Waals surface area contributed by atoms with Crippen molar-refractivity contribution in [1.82, 2.24) is 15.1 Å². The Bertz CT molecular complexity index is 1140. The van der Waals surface area contributed by atoms with Crippen LogP contribution in [0.3, 0.4) is 0 Å². The number of benzene rings is 1. The minimum absolute atomic E-state index is 0.0231. The number of carbonyl (C=O) groups is 3. The second-order valence-electron chi connectivity index (χ2n) is 6.75. The van der Waals surface area contributed by atoms with Gasteiger partial charge in [0.25, 0.3) is 5.91 Å². The first-order valence-electron chi connectivity index (χ1n) is 9.69. The van der Waals surface area contributed by atoms with Gasteiger partial charge in [-0.05, 0) is 49.6 Å². The molecule has 2 N–H and O–H groups in total. The first-order valence-corrected chi connectivity index (χ1v) is 10.6. The van der Waals surface area contributed by atoms with Gasteiger partial charge in [0, 0.05) is 5.69 Å². The van der Waals surface area contributed by atoms with E-state index in [0.29, 0.717) is 15.2 Å². The Morgan fingerprint density at radius 2 is 1.88 bits per heavy atom. The van der Waals surface area contributed by atoms with Crippen molar-refractivity contribution in [1.29, 1.82) is 0 Å². The Morgan fingerprint density at radius 3 is 2.45 bits per heavy atom. The number of halogens is 3. The van der Waals surface area contributed by atoms with Crippen LogP contribution < -0.4 is 10.6 Å². The van der Waals surface area contributed by atoms with E-state index in [0.717, 1.165) is 6.20 Å². The average Bonchev–Trinajstić information content (AvgIpc) is 3.44. The van der Waals surface area contributed by atoms with Crippen LogP contribution in [-0.4, -0.2) is 40.2 Å². The Morgan fingerprint density at radius 1 is 1.18 bits per heavy atom. The van der Waals surface area contributed by atoms with Crippen molar-refractivity contribution in [3.63, 3.8) is 0 Å². The number of carbonyl (C=O) groups excluding carboxylic acids is 3. The lowest BCUT2D eigenvalue weighted by Gasteiger charge is -2.15. The lowest BCUT2D eigenvalue weighted by Crippen LogP contribution is -2.41. The molecule has 33 heavy (non-hydrogen) atoms. The van der Waals surface area contributed by atoms with E-state index in [2.05, 4.69) is 20.5 Å². The first kappa shape index (κ1) is 24.0. The lowest BCUT2D eigenvalue weighted by molar-refractivity contribution is -0.143. The fourth-order valence-electron chi connectivity index (χ4n) is 2.85. The molecule has 8 nitrogen and oxygen atoms in total. The second kappa shape index (κ2) is 9.86. The largest absolute Gasteiger partial charge is 0.462 e. The fourth-order valence-corrected chi connectivity index (χ4v) is 3.48. The van der Waals surface area contributed by atoms with Crippen LogP contribution in [0.1, 0.15) is 39.6 Å². The fraction of sp³-hybridized carbons (Fsp3) is 0.238. The van der Waals surface area contributed by atoms with Gasteiger partial charge in [0.1, 0.15) is 11.6 Å². The van der Waals surface area contributed by atoms with E-state index >= 15 is 0 Å². The summed E-state index contributed by atoms with van der Waals surface area (Å²) in [4.78, 5) is 36.8. The quantitative estimate of drug-likeness (QED) is 0.500. The number of nitrogens with zero attached hydrogens (tertiary/aromatic N) is 2. The van der Waals surface area contributed by atoms with Crippen molar-refractivity contribution in [2.45, 2.75) is 26.1 Å². The molecule has 1 unspecified atom stereocenters. The third-order valence-electron chi connectivity index (χ3n) is 4.40. The number of anilines is 1. The standard InChI is InChI=1S/C21H19F3N4O4S/c1-3-32-20(31)15-11-25-28(17(15)21(22,23)24)14-8-6-13(7-9-14)27-18(29)12(2)26-19(30)16-5-4-10-33-16/h4-12H,3H2,1-2H3,(H,26,30)(H,27,29). The van der Waals surface area contributed by atoms with Gasteiger partial charge < -0.3 is 15.4 Å². The second-order valence-corrected chi connectivity index (χ2v) is 7.69. The van der Waals surface area contributed by atoms with E-state index in [1.807, 2.05) is 0 Å². The maximum Gasteiger partial charge on any atom is 0.434 e. The number of amides is 2. The third kappa shape index (κ3) is 5.58. The molecular weight excluding hydrogens is 461 g/mol. The van der Waals surface area contributed by atoms with Crippen molar-refractivity contribution < 1.29 is 32.3 Å². The molecule has 0 spiro atoms. The van der Waals surface area contributed by atoms with Crippen LogP contribution in [0.25, 0.3) is 5.69 Å². The smallest absolute Gasteiger partial charge is 0.434 e. The highest BCUT2D eigenvalue weighted by Crippen LogP contribution is 2.34. The van der Waals surface area contributed by atoms with Crippen LogP contribution in [0.15, 0.2) is 48.0 Å². The Kier molecular flexibility index (Phi) is 7.16. The van der Waals surface area contributed by atoms with Crippen LogP contribution in [0, 0.1) is 0 Å². The Hall–Kier alpha value is -3.67. The van der Waals surface area contributed by atoms with Crippen molar-refractivity contribution >= 4 is 34.8 Å². The summed E-state index contributed by atoms with van der Waals surface area (Å²) in [5.41, 5.74) is -1.64. The van der Waals surface area contributed by atoms with Crippen LogP contribution >= 0.6 is 11.3 Å². The van der Waals surface area contributed by atoms with E-state index in [1.54, 1.807) is 17.5 Å². The number of ether oxygens (including phenoxy) is 1. The van der Waals surface area contributed by atoms with Crippen molar-refractivity contribution in [2.24, 2.45) is 0 Å². The molecule has 0 saturated heterocycles. The number of alkyl halides is 3. The Balaban J connectivity index is 1.74. The van der Waals surface area contributed by atoms with Crippen LogP contribution in [0.5, 0.6) is 0 Å². The molecule has 0 fully saturated rings. The number of nitrogens with one attached hydrogen (secondary N) is 2. The van der Waals surface area contributed by atoms with Gasteiger partial charge in [0.15, 0.2) is 5.69 Å². The van der Waals surface area contributed by atoms with Gasteiger partial charge in [0.05, 0.1) is 23.4 Å². The monoisotopic (exact) mass is 480 g/mol. The lowest BCUT2D eigenvalue weighted by atomic mass is 10.2. The summed E-state index contributed by atoms with van der Waals surface area (Å²) in [5, 5.41) is 10.6. The SMILES string of the molecule is CCOC(=O)c1cnn(-c2ccc(NC(=O)C(C)NC(=O)c3cccs3)cc2)c1C(F)(F)F. The molecule has 2 amide bonds. The number of esters is 1. The zero-order chi connectivity index (χ0) is 24.2. The summed E-state index contributed by atoms with van der Waals surface area (Å²) in [6.45, 7) is 2.91. The van der Waals surface area contributed by atoms with Gasteiger partial charge in [0.2, 0.25) is 5.91 Å². The molecule has 174 valence electrons. The highest BCUT2D eigenvalue weighted by molar-refractivity contribution is 7.12. The molecule has 0 aliphatic carbocycles. The molecule has 3 aromatic rings. The highest BCUT2D eigenvalue weighted by atomic mass is 32.1. The molecule has 3 rings (SSSR count). The summed E-state index contributed by atoms with van der Waals surface area (Å²) >= 11 is 1.24. The van der Waals surface area contributed by atoms with E-state index in [-0.39, 0.29) is 12.3 Å². The number of rotatable bonds is 7. The van der Waals surface area contributed by atoms with E-state index in [4.69, 9.17) is 0 Å². The van der Waals surface area contributed by atoms with Gasteiger partial charge in [-0.2, -0.15) is 18.3 Å². The summed E-state index contributed by atoms with van der Waals surface area (Å²) in [7, 11) is 0. The van der Waals surface area contributed by atoms with Crippen molar-refractivity contribution in [3.05, 3.63) is 64.1 Å². The number of hydrogen-bond acceptors (Lipinski definition) is 6. The zero-order valence-corrected chi connectivity index (χ0v) is 18.3. The number of hydrogen-bond donors (Lipinski definition) is 2. The number of aromatic nitrogens is 2. The van der Waals surface area contributed by atoms with Crippen LogP contribution in [0.2, 0.25) is 0 Å². The van der Waals surface area contributed by atoms with Gasteiger partial charge in [-0.3, -0.25) is 9.59 Å². The van der Waals surface area contributed by atoms with Gasteiger partial charge >= 0.3 is 12.1 Å². The Labute approximate surface area is 190 Å². The van der Waals surface area contributed by atoms with Gasteiger partial charge in [-0.25, -0.2) is 9.48 Å². The molecule has 2 heterocycles. The van der Waals surface area contributed by atoms with Gasteiger partial charge in [-0.1, -0.05) is 6.07 Å². The molecule has 2 aromatic heterocycles. The molecule has 0 aliphatic heterocycles. The molecule has 1 atom stereocenters. The van der Waals surface area contributed by atoms with E-state index < -0.39 is 41.3 Å². The normalized spacial score (nSPS) is 12.2. The zero-order valence-electron chi connectivity index (χ0n) is 17.5. The van der Waals surface area contributed by atoms with Crippen LogP contribution in [-0.2, 0) is 15.7 Å². The maximum atomic E-state index is 13.6. The van der Waals surface area contributed by atoms with Crippen LogP contribution in [0.4, 0.5) is 18.9 Å². The summed E-state index contributed by atoms with van der Waals surface area (Å²) in [5.74, 6) is -2.02. The molecule has 0 radical (unpaired) electrons. The summed E-state index contributed by atoms with van der Waals surface area (Å²) in [6.07, 6.45) is -4.06. The minimum Gasteiger partial charge on any atom is -0.462 e. The molecule has 1 aromatic carbocycles. The van der Waals surface area contributed by atoms with Crippen molar-refractivity contribution in [2.75, 3.05) is 11.9 Å². The molecular formula is C21H19F3N4O4S. The van der Waals surface area contributed by atoms with Crippen molar-refractivity contribution in [3.8, 4) is 5.69 Å². The van der Waals surface area contributed by atoms with Gasteiger partial charge in [-0.15, -0.1) is 11.3 Å². The predicted molar refractivity (Wildman–Crippen MR) is 114 cm³/mol. The predicted octanol–water partition coefficient (Wildman–Crippen LogP) is 3.89. The summed E-state index contributed by atoms with van der Waals surface area (Å²) in [6, 6.07) is 7.87.